The highest BCUT2D eigenvalue weighted by atomic mass is 127. The zero-order valence-corrected chi connectivity index (χ0v) is 20.3. The maximum Gasteiger partial charge on any atom is 0.298 e. The van der Waals surface area contributed by atoms with Crippen LogP contribution in [0.25, 0.3) is 6.08 Å². The Kier molecular flexibility index (Phi) is 6.91. The Hall–Kier alpha value is -2.00. The van der Waals surface area contributed by atoms with Crippen molar-refractivity contribution in [1.29, 1.82) is 0 Å². The van der Waals surface area contributed by atoms with Gasteiger partial charge in [0.2, 0.25) is 0 Å². The van der Waals surface area contributed by atoms with Crippen LogP contribution >= 0.6 is 57.6 Å². The molecule has 0 N–H and O–H groups in total. The summed E-state index contributed by atoms with van der Waals surface area (Å²) in [6, 6.07) is 19.9. The number of hydrogen-bond acceptors (Lipinski definition) is 4. The first-order chi connectivity index (χ1) is 14.9. The van der Waals surface area contributed by atoms with Crippen molar-refractivity contribution < 1.29 is 14.3 Å². The van der Waals surface area contributed by atoms with Gasteiger partial charge in [-0.1, -0.05) is 53.5 Å². The third kappa shape index (κ3) is 5.09. The van der Waals surface area contributed by atoms with Crippen molar-refractivity contribution in [3.05, 3.63) is 96.4 Å². The van der Waals surface area contributed by atoms with E-state index >= 15 is 0 Å². The maximum absolute atomic E-state index is 12.8. The minimum atomic E-state index is -0.323. The van der Waals surface area contributed by atoms with Gasteiger partial charge >= 0.3 is 0 Å². The van der Waals surface area contributed by atoms with E-state index < -0.39 is 0 Å². The molecule has 1 fully saturated rings. The quantitative estimate of drug-likeness (QED) is 0.232. The van der Waals surface area contributed by atoms with Crippen molar-refractivity contribution in [2.24, 2.45) is 0 Å². The first kappa shape index (κ1) is 22.2. The Morgan fingerprint density at radius 2 is 1.74 bits per heavy atom. The van der Waals surface area contributed by atoms with E-state index in [1.54, 1.807) is 42.5 Å². The van der Waals surface area contributed by atoms with Crippen molar-refractivity contribution in [3.8, 4) is 5.75 Å². The average Bonchev–Trinajstić information content (AvgIpc) is 3.03. The molecule has 0 bridgehead atoms. The molecule has 3 aromatic carbocycles. The Bertz CT molecular complexity index is 1200. The van der Waals surface area contributed by atoms with Gasteiger partial charge < -0.3 is 4.74 Å². The molecule has 0 aliphatic carbocycles. The average molecular weight is 582 g/mol. The fraction of sp³-hybridized carbons (Fsp3) is 0.0435. The summed E-state index contributed by atoms with van der Waals surface area (Å²) in [5.74, 6) is 0.386. The van der Waals surface area contributed by atoms with E-state index in [4.69, 9.17) is 27.9 Å². The molecule has 156 valence electrons. The number of anilines is 1. The summed E-state index contributed by atoms with van der Waals surface area (Å²) >= 11 is 15.1. The van der Waals surface area contributed by atoms with E-state index in [0.29, 0.717) is 33.0 Å². The highest BCUT2D eigenvalue weighted by molar-refractivity contribution is 14.1. The molecule has 3 aromatic rings. The Morgan fingerprint density at radius 1 is 0.968 bits per heavy atom. The van der Waals surface area contributed by atoms with E-state index in [9.17, 15) is 9.59 Å². The fourth-order valence-corrected chi connectivity index (χ4v) is 4.79. The number of hydrogen-bond donors (Lipinski definition) is 0. The van der Waals surface area contributed by atoms with Crippen LogP contribution in [-0.2, 0) is 11.4 Å². The van der Waals surface area contributed by atoms with Gasteiger partial charge in [0.15, 0.2) is 0 Å². The first-order valence-corrected chi connectivity index (χ1v) is 11.8. The van der Waals surface area contributed by atoms with Gasteiger partial charge in [-0.25, -0.2) is 4.90 Å². The third-order valence-electron chi connectivity index (χ3n) is 4.44. The minimum absolute atomic E-state index is 0.307. The van der Waals surface area contributed by atoms with Gasteiger partial charge in [-0.2, -0.15) is 0 Å². The number of benzene rings is 3. The van der Waals surface area contributed by atoms with Crippen LogP contribution in [0.2, 0.25) is 10.0 Å². The van der Waals surface area contributed by atoms with Crippen LogP contribution in [-0.4, -0.2) is 11.1 Å². The molecule has 1 heterocycles. The number of ether oxygens (including phenoxy) is 1. The molecule has 1 saturated heterocycles. The van der Waals surface area contributed by atoms with E-state index in [0.717, 1.165) is 26.5 Å². The Morgan fingerprint density at radius 3 is 2.45 bits per heavy atom. The molecule has 0 atom stereocenters. The SMILES string of the molecule is O=C1S/C(=C\c2ccc(OCc3ccc(Cl)c(Cl)c3)c(I)c2)C(=O)N1c1ccccc1. The van der Waals surface area contributed by atoms with Crippen molar-refractivity contribution >= 4 is 80.5 Å². The molecular formula is C23H14Cl2INO3S. The number of halogens is 3. The van der Waals surface area contributed by atoms with Gasteiger partial charge in [-0.3, -0.25) is 9.59 Å². The molecule has 31 heavy (non-hydrogen) atoms. The van der Waals surface area contributed by atoms with Crippen LogP contribution in [0.5, 0.6) is 5.75 Å². The zero-order valence-electron chi connectivity index (χ0n) is 15.8. The monoisotopic (exact) mass is 581 g/mol. The number of thioether (sulfide) groups is 1. The summed E-state index contributed by atoms with van der Waals surface area (Å²) in [7, 11) is 0. The zero-order chi connectivity index (χ0) is 22.0. The fourth-order valence-electron chi connectivity index (χ4n) is 2.93. The molecule has 0 unspecified atom stereocenters. The van der Waals surface area contributed by atoms with Crippen molar-refractivity contribution in [3.63, 3.8) is 0 Å². The Balaban J connectivity index is 1.49. The molecule has 0 spiro atoms. The van der Waals surface area contributed by atoms with Crippen LogP contribution < -0.4 is 9.64 Å². The summed E-state index contributed by atoms with van der Waals surface area (Å²) in [6.45, 7) is 0.349. The lowest BCUT2D eigenvalue weighted by Crippen LogP contribution is -2.27. The predicted molar refractivity (Wildman–Crippen MR) is 135 cm³/mol. The second-order valence-corrected chi connectivity index (χ2v) is 9.55. The van der Waals surface area contributed by atoms with E-state index in [2.05, 4.69) is 22.6 Å². The van der Waals surface area contributed by atoms with Gasteiger partial charge in [-0.05, 0) is 88.0 Å². The third-order valence-corrected chi connectivity index (χ3v) is 6.89. The molecular weight excluding hydrogens is 568 g/mol. The second kappa shape index (κ2) is 9.65. The number of amides is 2. The highest BCUT2D eigenvalue weighted by Crippen LogP contribution is 2.36. The standard InChI is InChI=1S/C23H14Cl2INO3S/c24-17-8-6-15(10-18(17)25)13-30-20-9-7-14(11-19(20)26)12-21-22(28)27(23(29)31-21)16-4-2-1-3-5-16/h1-12H,13H2/b21-12-. The van der Waals surface area contributed by atoms with Gasteiger partial charge in [-0.15, -0.1) is 0 Å². The van der Waals surface area contributed by atoms with E-state index in [-0.39, 0.29) is 11.1 Å². The molecule has 4 nitrogen and oxygen atoms in total. The van der Waals surface area contributed by atoms with Crippen LogP contribution in [0.3, 0.4) is 0 Å². The van der Waals surface area contributed by atoms with Crippen molar-refractivity contribution in [1.82, 2.24) is 0 Å². The number of imide groups is 1. The van der Waals surface area contributed by atoms with Gasteiger partial charge in [0.1, 0.15) is 12.4 Å². The summed E-state index contributed by atoms with van der Waals surface area (Å²) < 4.78 is 6.77. The van der Waals surface area contributed by atoms with Gasteiger partial charge in [0.05, 0.1) is 24.2 Å². The lowest BCUT2D eigenvalue weighted by molar-refractivity contribution is -0.113. The molecule has 0 radical (unpaired) electrons. The number of carbonyl (C=O) groups is 2. The largest absolute Gasteiger partial charge is 0.488 e. The van der Waals surface area contributed by atoms with Crippen molar-refractivity contribution in [2.75, 3.05) is 4.90 Å². The molecule has 4 rings (SSSR count). The van der Waals surface area contributed by atoms with Crippen LogP contribution in [0.4, 0.5) is 10.5 Å². The predicted octanol–water partition coefficient (Wildman–Crippen LogP) is 7.42. The smallest absolute Gasteiger partial charge is 0.298 e. The lowest BCUT2D eigenvalue weighted by Gasteiger charge is -2.11. The van der Waals surface area contributed by atoms with Crippen LogP contribution in [0, 0.1) is 3.57 Å². The summed E-state index contributed by atoms with van der Waals surface area (Å²) in [5, 5.41) is 0.678. The lowest BCUT2D eigenvalue weighted by atomic mass is 10.2. The molecule has 1 aliphatic rings. The van der Waals surface area contributed by atoms with Crippen LogP contribution in [0.15, 0.2) is 71.6 Å². The summed E-state index contributed by atoms with van der Waals surface area (Å²) in [5.41, 5.74) is 2.28. The summed E-state index contributed by atoms with van der Waals surface area (Å²) in [6.07, 6.45) is 1.72. The van der Waals surface area contributed by atoms with Gasteiger partial charge in [0.25, 0.3) is 11.1 Å². The number of carbonyl (C=O) groups excluding carboxylic acids is 2. The normalized spacial score (nSPS) is 15.1. The highest BCUT2D eigenvalue weighted by Gasteiger charge is 2.36. The molecule has 0 saturated carbocycles. The summed E-state index contributed by atoms with van der Waals surface area (Å²) in [4.78, 5) is 26.7. The minimum Gasteiger partial charge on any atom is -0.488 e. The second-order valence-electron chi connectivity index (χ2n) is 6.58. The number of nitrogens with zero attached hydrogens (tertiary/aromatic N) is 1. The maximum atomic E-state index is 12.8. The topological polar surface area (TPSA) is 46.6 Å². The van der Waals surface area contributed by atoms with E-state index in [1.807, 2.05) is 30.3 Å². The van der Waals surface area contributed by atoms with Gasteiger partial charge in [0, 0.05) is 0 Å². The Labute approximate surface area is 207 Å². The molecule has 1 aliphatic heterocycles. The number of rotatable bonds is 5. The van der Waals surface area contributed by atoms with Crippen LogP contribution in [0.1, 0.15) is 11.1 Å². The first-order valence-electron chi connectivity index (χ1n) is 9.11. The van der Waals surface area contributed by atoms with Crippen molar-refractivity contribution in [2.45, 2.75) is 6.61 Å². The molecule has 2 amide bonds. The van der Waals surface area contributed by atoms with E-state index in [1.165, 1.54) is 4.90 Å². The molecule has 8 heteroatoms. The number of para-hydroxylation sites is 1. The molecule has 0 aromatic heterocycles.